The molecule has 0 aromatic rings. The fraction of sp³-hybridized carbons (Fsp3) is 0.846. The molecule has 2 aliphatic heterocycles. The van der Waals surface area contributed by atoms with E-state index in [1.54, 1.807) is 0 Å². The lowest BCUT2D eigenvalue weighted by molar-refractivity contribution is -0.357. The highest BCUT2D eigenvalue weighted by Crippen LogP contribution is 2.33. The lowest BCUT2D eigenvalue weighted by Crippen LogP contribution is -2.68. The van der Waals surface area contributed by atoms with Gasteiger partial charge in [-0.1, -0.05) is 6.08 Å². The molecule has 0 spiro atoms. The number of hydrogen-bond donors (Lipinski definition) is 14. The smallest absolute Gasteiger partial charge is 0.187 e. The fourth-order valence-corrected chi connectivity index (χ4v) is 5.89. The van der Waals surface area contributed by atoms with Crippen molar-refractivity contribution in [1.29, 1.82) is 0 Å². The van der Waals surface area contributed by atoms with E-state index < -0.39 is 130 Å². The van der Waals surface area contributed by atoms with Crippen LogP contribution in [0.3, 0.4) is 0 Å². The van der Waals surface area contributed by atoms with Crippen LogP contribution in [0.4, 0.5) is 0 Å². The molecule has 4 rings (SSSR count). The predicted molar refractivity (Wildman–Crippen MR) is 141 cm³/mol. The molecule has 254 valence electrons. The molecule has 2 fully saturated rings. The molecular formula is C26H43NO17. The van der Waals surface area contributed by atoms with Gasteiger partial charge in [-0.15, -0.1) is 0 Å². The normalized spacial score (nSPS) is 50.2. The minimum atomic E-state index is -1.90. The summed E-state index contributed by atoms with van der Waals surface area (Å²) < 4.78 is 22.5. The Labute approximate surface area is 251 Å². The molecule has 2 saturated heterocycles. The first-order chi connectivity index (χ1) is 20.7. The Bertz CT molecular complexity index is 1020. The van der Waals surface area contributed by atoms with Gasteiger partial charge in [-0.3, -0.25) is 0 Å². The van der Waals surface area contributed by atoms with Crippen LogP contribution in [0.1, 0.15) is 6.92 Å². The summed E-state index contributed by atoms with van der Waals surface area (Å²) in [5.41, 5.74) is -0.0163. The first kappa shape index (κ1) is 35.6. The average molecular weight is 642 g/mol. The highest BCUT2D eigenvalue weighted by molar-refractivity contribution is 5.23. The second-order valence-corrected chi connectivity index (χ2v) is 11.5. The summed E-state index contributed by atoms with van der Waals surface area (Å²) in [6.45, 7) is -0.643. The molecule has 14 N–H and O–H groups in total. The Kier molecular flexibility index (Phi) is 11.9. The summed E-state index contributed by atoms with van der Waals surface area (Å²) in [6.07, 6.45) is -23.3. The molecular weight excluding hydrogens is 598 g/mol. The minimum Gasteiger partial charge on any atom is -0.394 e. The van der Waals surface area contributed by atoms with Gasteiger partial charge in [0, 0.05) is 0 Å². The molecule has 0 bridgehead atoms. The second kappa shape index (κ2) is 14.7. The van der Waals surface area contributed by atoms with Crippen molar-refractivity contribution in [3.05, 3.63) is 23.3 Å². The Morgan fingerprint density at radius 1 is 0.659 bits per heavy atom. The van der Waals surface area contributed by atoms with Crippen molar-refractivity contribution >= 4 is 0 Å². The van der Waals surface area contributed by atoms with Gasteiger partial charge >= 0.3 is 0 Å². The van der Waals surface area contributed by atoms with Gasteiger partial charge in [0.1, 0.15) is 79.4 Å². The van der Waals surface area contributed by atoms with Gasteiger partial charge in [-0.2, -0.15) is 0 Å². The quantitative estimate of drug-likeness (QED) is 0.104. The van der Waals surface area contributed by atoms with E-state index in [1.807, 2.05) is 0 Å². The van der Waals surface area contributed by atoms with Gasteiger partial charge in [0.25, 0.3) is 0 Å². The van der Waals surface area contributed by atoms with Crippen LogP contribution < -0.4 is 5.32 Å². The van der Waals surface area contributed by atoms with Gasteiger partial charge in [0.2, 0.25) is 0 Å². The van der Waals surface area contributed by atoms with E-state index >= 15 is 0 Å². The van der Waals surface area contributed by atoms with Crippen LogP contribution in [0.25, 0.3) is 0 Å². The zero-order valence-electron chi connectivity index (χ0n) is 23.6. The third kappa shape index (κ3) is 6.88. The Morgan fingerprint density at radius 2 is 1.27 bits per heavy atom. The summed E-state index contributed by atoms with van der Waals surface area (Å²) in [4.78, 5) is 0. The van der Waals surface area contributed by atoms with Crippen LogP contribution in [-0.4, -0.2) is 196 Å². The third-order valence-corrected chi connectivity index (χ3v) is 8.57. The number of rotatable bonds is 9. The summed E-state index contributed by atoms with van der Waals surface area (Å²) >= 11 is 0. The molecule has 44 heavy (non-hydrogen) atoms. The van der Waals surface area contributed by atoms with Crippen molar-refractivity contribution in [3.8, 4) is 0 Å². The molecule has 0 aromatic carbocycles. The van der Waals surface area contributed by atoms with Gasteiger partial charge in [0.15, 0.2) is 12.6 Å². The average Bonchev–Trinajstić information content (AvgIpc) is 3.00. The summed E-state index contributed by atoms with van der Waals surface area (Å²) in [6, 6.07) is -2.16. The molecule has 0 aromatic heterocycles. The zero-order valence-corrected chi connectivity index (χ0v) is 23.6. The number of ether oxygens (including phenoxy) is 4. The molecule has 0 amide bonds. The van der Waals surface area contributed by atoms with Crippen molar-refractivity contribution in [2.45, 2.75) is 117 Å². The minimum absolute atomic E-state index is 0.0264. The van der Waals surface area contributed by atoms with E-state index in [1.165, 1.54) is 13.0 Å². The maximum absolute atomic E-state index is 10.9. The number of nitrogens with one attached hydrogen (secondary N) is 1. The predicted octanol–water partition coefficient (Wildman–Crippen LogP) is -7.98. The first-order valence-corrected chi connectivity index (χ1v) is 14.2. The van der Waals surface area contributed by atoms with Crippen LogP contribution in [-0.2, 0) is 18.9 Å². The van der Waals surface area contributed by atoms with E-state index in [0.717, 1.165) is 6.08 Å². The van der Waals surface area contributed by atoms with E-state index in [9.17, 15) is 66.4 Å². The van der Waals surface area contributed by atoms with Crippen molar-refractivity contribution in [3.63, 3.8) is 0 Å². The molecule has 6 unspecified atom stereocenters. The summed E-state index contributed by atoms with van der Waals surface area (Å²) in [7, 11) is 0. The van der Waals surface area contributed by atoms with Crippen LogP contribution in [0.15, 0.2) is 23.3 Å². The highest BCUT2D eigenvalue weighted by atomic mass is 16.7. The Balaban J connectivity index is 1.43. The molecule has 18 heteroatoms. The first-order valence-electron chi connectivity index (χ1n) is 14.2. The van der Waals surface area contributed by atoms with E-state index in [4.69, 9.17) is 18.9 Å². The standard InChI is InChI=1S/C26H43NO17/c1-7-13(27-10-2-8(4-28)14(32)18(36)15(10)33)17(35)21(39)25(41-7)44-24-12(6-30)42-26(22(40)20(24)38)43-23-9(5-29)3-11(31)16(34)19(23)37/h2-3,7,10-40H,4-6H2,1H3/t7?,10-,11-,12?,13+,14-,15?,16?,17-,18-,19+,20+,21?,22?,23+,24+,25+,26+/m1/s1. The van der Waals surface area contributed by atoms with E-state index in [2.05, 4.69) is 5.32 Å². The third-order valence-electron chi connectivity index (χ3n) is 8.57. The van der Waals surface area contributed by atoms with Crippen LogP contribution in [0.5, 0.6) is 0 Å². The molecule has 18 atom stereocenters. The van der Waals surface area contributed by atoms with E-state index in [0.29, 0.717) is 0 Å². The summed E-state index contributed by atoms with van der Waals surface area (Å²) in [5, 5.41) is 136. The van der Waals surface area contributed by atoms with Gasteiger partial charge in [-0.25, -0.2) is 0 Å². The Morgan fingerprint density at radius 3 is 1.89 bits per heavy atom. The second-order valence-electron chi connectivity index (χ2n) is 11.5. The number of aliphatic hydroxyl groups excluding tert-OH is 13. The van der Waals surface area contributed by atoms with E-state index in [-0.39, 0.29) is 11.1 Å². The van der Waals surface area contributed by atoms with Gasteiger partial charge in [0.05, 0.1) is 38.0 Å². The van der Waals surface area contributed by atoms with Crippen molar-refractivity contribution in [2.24, 2.45) is 0 Å². The molecule has 18 nitrogen and oxygen atoms in total. The van der Waals surface area contributed by atoms with Crippen LogP contribution >= 0.6 is 0 Å². The summed E-state index contributed by atoms with van der Waals surface area (Å²) in [5.74, 6) is 0. The lowest BCUT2D eigenvalue weighted by Gasteiger charge is -2.48. The molecule has 2 aliphatic carbocycles. The number of aliphatic hydroxyl groups is 13. The van der Waals surface area contributed by atoms with Crippen molar-refractivity contribution < 1.29 is 85.3 Å². The fourth-order valence-electron chi connectivity index (χ4n) is 5.89. The molecule has 0 radical (unpaired) electrons. The lowest BCUT2D eigenvalue weighted by atomic mass is 9.86. The van der Waals surface area contributed by atoms with Crippen molar-refractivity contribution in [2.75, 3.05) is 19.8 Å². The maximum atomic E-state index is 10.9. The topological polar surface area (TPSA) is 312 Å². The largest absolute Gasteiger partial charge is 0.394 e. The van der Waals surface area contributed by atoms with Gasteiger partial charge in [-0.05, 0) is 24.1 Å². The highest BCUT2D eigenvalue weighted by Gasteiger charge is 2.52. The monoisotopic (exact) mass is 641 g/mol. The molecule has 0 saturated carbocycles. The van der Waals surface area contributed by atoms with Gasteiger partial charge < -0.3 is 90.6 Å². The maximum Gasteiger partial charge on any atom is 0.187 e. The molecule has 4 aliphatic rings. The SMILES string of the molecule is CC1O[C@@H](O[C@H]2C(CO)O[C@@H](O[C@H]3C(CO)=C[C@@H](O)C(O)[C@@H]3O)C(O)[C@@H]2O)C(O)[C@H](O)[C@H]1N[C@@H]1C=C(CO)[C@@H](O)[C@@H](O)C1O. The van der Waals surface area contributed by atoms with Crippen LogP contribution in [0.2, 0.25) is 0 Å². The van der Waals surface area contributed by atoms with Crippen molar-refractivity contribution in [1.82, 2.24) is 5.32 Å². The Hall–Kier alpha value is -1.24. The van der Waals surface area contributed by atoms with Crippen LogP contribution in [0, 0.1) is 0 Å². The number of hydrogen-bond acceptors (Lipinski definition) is 18. The molecule has 2 heterocycles. The zero-order chi connectivity index (χ0) is 32.6.